The molecule has 0 spiro atoms. The molecule has 4 aromatic rings. The second kappa shape index (κ2) is 7.68. The molecular weight excluding hydrogens is 512 g/mol. The average Bonchev–Trinajstić information content (AvgIpc) is 3.36. The highest BCUT2D eigenvalue weighted by atomic mass is 79.9. The van der Waals surface area contributed by atoms with Gasteiger partial charge in [0.15, 0.2) is 0 Å². The van der Waals surface area contributed by atoms with E-state index in [0.29, 0.717) is 25.2 Å². The van der Waals surface area contributed by atoms with E-state index >= 15 is 0 Å². The van der Waals surface area contributed by atoms with Crippen LogP contribution in [0.25, 0.3) is 21.8 Å². The summed E-state index contributed by atoms with van der Waals surface area (Å²) >= 11 is 6.97. The summed E-state index contributed by atoms with van der Waals surface area (Å²) in [6.07, 6.45) is 3.56. The van der Waals surface area contributed by atoms with Crippen molar-refractivity contribution in [2.45, 2.75) is 6.04 Å². The third-order valence-electron chi connectivity index (χ3n) is 5.62. The summed E-state index contributed by atoms with van der Waals surface area (Å²) < 4.78 is 1.83. The van der Waals surface area contributed by atoms with Crippen LogP contribution in [0.2, 0.25) is 0 Å². The van der Waals surface area contributed by atoms with E-state index in [2.05, 4.69) is 47.1 Å². The Morgan fingerprint density at radius 1 is 0.933 bits per heavy atom. The number of halogens is 2. The number of carbonyl (C=O) groups is 2. The Balaban J connectivity index is 1.52. The molecule has 0 aliphatic carbocycles. The maximum Gasteiger partial charge on any atom is 0.295 e. The van der Waals surface area contributed by atoms with Crippen LogP contribution in [0.1, 0.15) is 22.0 Å². The van der Waals surface area contributed by atoms with Crippen molar-refractivity contribution in [3.63, 3.8) is 0 Å². The average molecular weight is 530 g/mol. The van der Waals surface area contributed by atoms with Crippen LogP contribution in [0.5, 0.6) is 0 Å². The van der Waals surface area contributed by atoms with Crippen LogP contribution in [0.4, 0.5) is 0 Å². The molecule has 1 aliphatic rings. The van der Waals surface area contributed by atoms with Crippen LogP contribution in [-0.2, 0) is 4.79 Å². The molecule has 152 valence electrons. The molecule has 1 amide bonds. The minimum atomic E-state index is -0.493. The normalized spacial score (nSPS) is 17.0. The molecule has 0 saturated carbocycles. The standard InChI is InChI=1S/C22H18Br2N4O2/c23-12-1-3-18-14(7-12)16(9-26-18)20-11-25-5-6-28(20)22(30)21(29)17-10-27-19-4-2-13(24)8-15(17)19/h1-4,7-10,20,25-27H,5-6,11H2. The quantitative estimate of drug-likeness (QED) is 0.269. The predicted octanol–water partition coefficient (Wildman–Crippen LogP) is 4.53. The van der Waals surface area contributed by atoms with Crippen LogP contribution < -0.4 is 5.32 Å². The monoisotopic (exact) mass is 528 g/mol. The highest BCUT2D eigenvalue weighted by molar-refractivity contribution is 9.10. The van der Waals surface area contributed by atoms with Crippen molar-refractivity contribution in [3.8, 4) is 0 Å². The molecule has 5 rings (SSSR count). The second-order valence-electron chi connectivity index (χ2n) is 7.37. The summed E-state index contributed by atoms with van der Waals surface area (Å²) in [5.74, 6) is -0.973. The minimum absolute atomic E-state index is 0.227. The fourth-order valence-electron chi connectivity index (χ4n) is 4.14. The molecule has 1 aliphatic heterocycles. The van der Waals surface area contributed by atoms with E-state index < -0.39 is 11.7 Å². The lowest BCUT2D eigenvalue weighted by atomic mass is 10.0. The van der Waals surface area contributed by atoms with Gasteiger partial charge >= 0.3 is 0 Å². The fourth-order valence-corrected chi connectivity index (χ4v) is 4.86. The number of nitrogens with one attached hydrogen (secondary N) is 3. The Labute approximate surface area is 189 Å². The van der Waals surface area contributed by atoms with Crippen LogP contribution in [0.15, 0.2) is 57.7 Å². The van der Waals surface area contributed by atoms with E-state index in [1.807, 2.05) is 42.6 Å². The Morgan fingerprint density at radius 3 is 2.37 bits per heavy atom. The van der Waals surface area contributed by atoms with E-state index in [4.69, 9.17) is 0 Å². The Morgan fingerprint density at radius 2 is 1.60 bits per heavy atom. The highest BCUT2D eigenvalue weighted by Gasteiger charge is 2.34. The first-order valence-corrected chi connectivity index (χ1v) is 11.2. The van der Waals surface area contributed by atoms with Gasteiger partial charge in [-0.05, 0) is 36.4 Å². The summed E-state index contributed by atoms with van der Waals surface area (Å²) in [5.41, 5.74) is 3.23. The van der Waals surface area contributed by atoms with Crippen molar-refractivity contribution in [2.75, 3.05) is 19.6 Å². The maximum absolute atomic E-state index is 13.3. The van der Waals surface area contributed by atoms with Crippen molar-refractivity contribution < 1.29 is 9.59 Å². The Hall–Kier alpha value is -2.42. The first kappa shape index (κ1) is 19.5. The number of benzene rings is 2. The van der Waals surface area contributed by atoms with Gasteiger partial charge in [0.25, 0.3) is 11.7 Å². The molecule has 1 atom stereocenters. The number of rotatable bonds is 3. The van der Waals surface area contributed by atoms with E-state index in [1.54, 1.807) is 11.1 Å². The molecule has 0 bridgehead atoms. The number of carbonyl (C=O) groups excluding carboxylic acids is 2. The van der Waals surface area contributed by atoms with Gasteiger partial charge in [0.2, 0.25) is 0 Å². The van der Waals surface area contributed by atoms with Gasteiger partial charge in [0, 0.05) is 68.3 Å². The van der Waals surface area contributed by atoms with Crippen molar-refractivity contribution >= 4 is 65.4 Å². The van der Waals surface area contributed by atoms with Gasteiger partial charge in [-0.3, -0.25) is 9.59 Å². The largest absolute Gasteiger partial charge is 0.361 e. The van der Waals surface area contributed by atoms with Crippen LogP contribution >= 0.6 is 31.9 Å². The number of ketones is 1. The summed E-state index contributed by atoms with van der Waals surface area (Å²) in [5, 5.41) is 5.14. The van der Waals surface area contributed by atoms with E-state index in [9.17, 15) is 9.59 Å². The van der Waals surface area contributed by atoms with E-state index in [1.165, 1.54) is 0 Å². The number of amides is 1. The predicted molar refractivity (Wildman–Crippen MR) is 124 cm³/mol. The lowest BCUT2D eigenvalue weighted by molar-refractivity contribution is -0.129. The molecule has 3 heterocycles. The first-order valence-electron chi connectivity index (χ1n) is 9.62. The molecule has 2 aromatic heterocycles. The first-order chi connectivity index (χ1) is 14.5. The number of hydrogen-bond acceptors (Lipinski definition) is 3. The molecule has 8 heteroatoms. The van der Waals surface area contributed by atoms with Crippen molar-refractivity contribution in [1.29, 1.82) is 0 Å². The lowest BCUT2D eigenvalue weighted by Gasteiger charge is -2.35. The fraction of sp³-hybridized carbons (Fsp3) is 0.182. The number of piperazine rings is 1. The third kappa shape index (κ3) is 3.29. The van der Waals surface area contributed by atoms with Gasteiger partial charge in [0.05, 0.1) is 11.6 Å². The number of fused-ring (bicyclic) bond motifs is 2. The molecular formula is C22H18Br2N4O2. The van der Waals surface area contributed by atoms with Gasteiger partial charge in [-0.2, -0.15) is 0 Å². The molecule has 30 heavy (non-hydrogen) atoms. The summed E-state index contributed by atoms with van der Waals surface area (Å²) in [6, 6.07) is 11.4. The van der Waals surface area contributed by atoms with Crippen LogP contribution in [0, 0.1) is 0 Å². The molecule has 6 nitrogen and oxygen atoms in total. The minimum Gasteiger partial charge on any atom is -0.361 e. The zero-order valence-corrected chi connectivity index (χ0v) is 19.0. The molecule has 0 radical (unpaired) electrons. The maximum atomic E-state index is 13.3. The summed E-state index contributed by atoms with van der Waals surface area (Å²) in [6.45, 7) is 1.72. The molecule has 1 saturated heterocycles. The van der Waals surface area contributed by atoms with Crippen molar-refractivity contribution in [3.05, 3.63) is 68.9 Å². The summed E-state index contributed by atoms with van der Waals surface area (Å²) in [4.78, 5) is 34.6. The lowest BCUT2D eigenvalue weighted by Crippen LogP contribution is -2.50. The highest BCUT2D eigenvalue weighted by Crippen LogP contribution is 2.32. The smallest absolute Gasteiger partial charge is 0.295 e. The van der Waals surface area contributed by atoms with Gasteiger partial charge in [-0.15, -0.1) is 0 Å². The summed E-state index contributed by atoms with van der Waals surface area (Å²) in [7, 11) is 0. The Kier molecular flexibility index (Phi) is 5.00. The van der Waals surface area contributed by atoms with Crippen LogP contribution in [0.3, 0.4) is 0 Å². The molecule has 1 fully saturated rings. The number of Topliss-reactive ketones (excluding diaryl/α,β-unsaturated/α-hetero) is 1. The number of aromatic amines is 2. The van der Waals surface area contributed by atoms with Gasteiger partial charge in [-0.25, -0.2) is 0 Å². The number of aromatic nitrogens is 2. The third-order valence-corrected chi connectivity index (χ3v) is 6.61. The topological polar surface area (TPSA) is 81.0 Å². The zero-order valence-electron chi connectivity index (χ0n) is 15.8. The number of H-pyrrole nitrogens is 2. The van der Waals surface area contributed by atoms with Crippen molar-refractivity contribution in [2.24, 2.45) is 0 Å². The molecule has 3 N–H and O–H groups in total. The van der Waals surface area contributed by atoms with Gasteiger partial charge in [-0.1, -0.05) is 31.9 Å². The molecule has 1 unspecified atom stereocenters. The van der Waals surface area contributed by atoms with Crippen molar-refractivity contribution in [1.82, 2.24) is 20.2 Å². The Bertz CT molecular complexity index is 1290. The molecule has 2 aromatic carbocycles. The van der Waals surface area contributed by atoms with Gasteiger partial charge in [0.1, 0.15) is 0 Å². The van der Waals surface area contributed by atoms with Crippen LogP contribution in [-0.4, -0.2) is 46.2 Å². The number of nitrogens with zero attached hydrogens (tertiary/aromatic N) is 1. The SMILES string of the molecule is O=C(C(=O)N1CCNCC1c1c[nH]c2ccc(Br)cc12)c1c[nH]c2ccc(Br)cc12. The van der Waals surface area contributed by atoms with E-state index in [-0.39, 0.29) is 6.04 Å². The number of hydrogen-bond donors (Lipinski definition) is 3. The van der Waals surface area contributed by atoms with E-state index in [0.717, 1.165) is 36.3 Å². The second-order valence-corrected chi connectivity index (χ2v) is 9.21. The van der Waals surface area contributed by atoms with Gasteiger partial charge < -0.3 is 20.2 Å². The zero-order chi connectivity index (χ0) is 20.8.